The molecular weight excluding hydrogens is 571 g/mol. The highest BCUT2D eigenvalue weighted by Crippen LogP contribution is 2.43. The number of aromatic hydroxyl groups is 1. The van der Waals surface area contributed by atoms with Crippen molar-refractivity contribution >= 4 is 58.2 Å². The molecule has 4 N–H and O–H groups in total. The van der Waals surface area contributed by atoms with Crippen LogP contribution < -0.4 is 20.7 Å². The predicted octanol–water partition coefficient (Wildman–Crippen LogP) is 6.41. The number of amides is 2. The van der Waals surface area contributed by atoms with Gasteiger partial charge in [0, 0.05) is 22.0 Å². The summed E-state index contributed by atoms with van der Waals surface area (Å²) in [7, 11) is 1.42. The molecule has 0 radical (unpaired) electrons. The van der Waals surface area contributed by atoms with Crippen molar-refractivity contribution in [1.82, 2.24) is 5.32 Å². The number of anilines is 2. The van der Waals surface area contributed by atoms with E-state index in [1.165, 1.54) is 13.2 Å². The smallest absolute Gasteiger partial charge is 0.254 e. The standard InChI is InChI=1S/C29H24Cl2N4O4S/c1-16-26(28(38)34-19-6-4-3-5-7-19)27(17-8-11-23(36)24(12-17)39-2)20(14-32)29(33-16)40-15-25(37)35-22-13-18(30)9-10-21(22)31/h3-13,27,33,36H,15H2,1-2H3,(H,34,38)(H,35,37)/t27-/m0/s1. The lowest BCUT2D eigenvalue weighted by Gasteiger charge is -2.30. The maximum absolute atomic E-state index is 13.6. The third-order valence-electron chi connectivity index (χ3n) is 6.01. The van der Waals surface area contributed by atoms with Crippen LogP contribution in [-0.4, -0.2) is 29.8 Å². The van der Waals surface area contributed by atoms with E-state index in [0.717, 1.165) is 11.8 Å². The Kier molecular flexibility index (Phi) is 9.27. The van der Waals surface area contributed by atoms with E-state index in [9.17, 15) is 20.0 Å². The average Bonchev–Trinajstić information content (AvgIpc) is 2.94. The van der Waals surface area contributed by atoms with Crippen LogP contribution in [0.4, 0.5) is 11.4 Å². The van der Waals surface area contributed by atoms with Crippen LogP contribution in [-0.2, 0) is 9.59 Å². The van der Waals surface area contributed by atoms with Gasteiger partial charge in [-0.3, -0.25) is 9.59 Å². The number of allylic oxidation sites excluding steroid dienone is 2. The third kappa shape index (κ3) is 6.54. The average molecular weight is 596 g/mol. The van der Waals surface area contributed by atoms with Gasteiger partial charge in [-0.05, 0) is 55.0 Å². The summed E-state index contributed by atoms with van der Waals surface area (Å²) in [5, 5.41) is 30.4. The van der Waals surface area contributed by atoms with Crippen molar-refractivity contribution in [2.75, 3.05) is 23.5 Å². The zero-order chi connectivity index (χ0) is 28.8. The maximum Gasteiger partial charge on any atom is 0.254 e. The number of dihydropyridines is 1. The second-order valence-corrected chi connectivity index (χ2v) is 10.5. The molecule has 11 heteroatoms. The van der Waals surface area contributed by atoms with Crippen LogP contribution >= 0.6 is 35.0 Å². The predicted molar refractivity (Wildman–Crippen MR) is 158 cm³/mol. The molecule has 0 aromatic heterocycles. The van der Waals surface area contributed by atoms with Crippen molar-refractivity contribution in [1.29, 1.82) is 5.26 Å². The molecule has 3 aromatic carbocycles. The fraction of sp³-hybridized carbons (Fsp3) is 0.138. The molecular formula is C29H24Cl2N4O4S. The van der Waals surface area contributed by atoms with Gasteiger partial charge in [0.05, 0.1) is 46.2 Å². The first kappa shape index (κ1) is 28.9. The normalized spacial score (nSPS) is 14.7. The van der Waals surface area contributed by atoms with Gasteiger partial charge in [0.1, 0.15) is 0 Å². The number of carbonyl (C=O) groups excluding carboxylic acids is 2. The number of para-hydroxylation sites is 1. The molecule has 40 heavy (non-hydrogen) atoms. The number of rotatable bonds is 8. The van der Waals surface area contributed by atoms with E-state index in [1.54, 1.807) is 61.5 Å². The molecule has 4 rings (SSSR count). The number of methoxy groups -OCH3 is 1. The van der Waals surface area contributed by atoms with Crippen LogP contribution in [0.1, 0.15) is 18.4 Å². The van der Waals surface area contributed by atoms with Crippen LogP contribution in [0, 0.1) is 11.3 Å². The fourth-order valence-electron chi connectivity index (χ4n) is 4.17. The molecule has 1 heterocycles. The molecule has 0 aliphatic carbocycles. The summed E-state index contributed by atoms with van der Waals surface area (Å²) in [5.74, 6) is -1.51. The van der Waals surface area contributed by atoms with E-state index >= 15 is 0 Å². The molecule has 3 aromatic rings. The number of hydrogen-bond donors (Lipinski definition) is 4. The number of carbonyl (C=O) groups is 2. The highest BCUT2D eigenvalue weighted by atomic mass is 35.5. The molecule has 204 valence electrons. The summed E-state index contributed by atoms with van der Waals surface area (Å²) in [5.41, 5.74) is 2.57. The third-order valence-corrected chi connectivity index (χ3v) is 7.59. The number of ether oxygens (including phenoxy) is 1. The quantitative estimate of drug-likeness (QED) is 0.237. The Morgan fingerprint density at radius 3 is 2.55 bits per heavy atom. The van der Waals surface area contributed by atoms with Gasteiger partial charge in [-0.25, -0.2) is 0 Å². The van der Waals surface area contributed by atoms with Crippen molar-refractivity contribution < 1.29 is 19.4 Å². The van der Waals surface area contributed by atoms with Crippen molar-refractivity contribution in [3.05, 3.63) is 104 Å². The second-order valence-electron chi connectivity index (χ2n) is 8.66. The Bertz CT molecular complexity index is 1570. The summed E-state index contributed by atoms with van der Waals surface area (Å²) in [6.45, 7) is 1.73. The molecule has 1 atom stereocenters. The van der Waals surface area contributed by atoms with Gasteiger partial charge in [0.15, 0.2) is 11.5 Å². The highest BCUT2D eigenvalue weighted by Gasteiger charge is 2.35. The minimum absolute atomic E-state index is 0.0548. The molecule has 0 spiro atoms. The number of phenolic OH excluding ortho intramolecular Hbond substituents is 1. The molecule has 0 unspecified atom stereocenters. The van der Waals surface area contributed by atoms with Gasteiger partial charge in [-0.1, -0.05) is 59.2 Å². The Labute approximate surface area is 245 Å². The van der Waals surface area contributed by atoms with Crippen molar-refractivity contribution in [2.45, 2.75) is 12.8 Å². The lowest BCUT2D eigenvalue weighted by Crippen LogP contribution is -2.31. The Morgan fingerprint density at radius 2 is 1.85 bits per heavy atom. The summed E-state index contributed by atoms with van der Waals surface area (Å²) >= 11 is 13.3. The van der Waals surface area contributed by atoms with Crippen LogP contribution in [0.3, 0.4) is 0 Å². The van der Waals surface area contributed by atoms with E-state index in [0.29, 0.717) is 43.3 Å². The topological polar surface area (TPSA) is 123 Å². The van der Waals surface area contributed by atoms with Crippen molar-refractivity contribution in [2.24, 2.45) is 0 Å². The molecule has 1 aliphatic heterocycles. The fourth-order valence-corrected chi connectivity index (χ4v) is 5.40. The number of nitrogens with zero attached hydrogens (tertiary/aromatic N) is 1. The number of thioether (sulfide) groups is 1. The first-order valence-electron chi connectivity index (χ1n) is 11.9. The SMILES string of the molecule is COc1cc([C@H]2C(C#N)=C(SCC(=O)Nc3cc(Cl)ccc3Cl)NC(C)=C2C(=O)Nc2ccccc2)ccc1O. The zero-order valence-electron chi connectivity index (χ0n) is 21.4. The van der Waals surface area contributed by atoms with Gasteiger partial charge in [-0.2, -0.15) is 5.26 Å². The monoisotopic (exact) mass is 594 g/mol. The summed E-state index contributed by atoms with van der Waals surface area (Å²) < 4.78 is 5.28. The van der Waals surface area contributed by atoms with Gasteiger partial charge < -0.3 is 25.8 Å². The molecule has 1 aliphatic rings. The van der Waals surface area contributed by atoms with Gasteiger partial charge >= 0.3 is 0 Å². The highest BCUT2D eigenvalue weighted by molar-refractivity contribution is 8.03. The van der Waals surface area contributed by atoms with E-state index in [-0.39, 0.29) is 28.7 Å². The number of benzene rings is 3. The first-order chi connectivity index (χ1) is 19.2. The molecule has 0 fully saturated rings. The molecule has 2 amide bonds. The Morgan fingerprint density at radius 1 is 1.10 bits per heavy atom. The minimum Gasteiger partial charge on any atom is -0.504 e. The Balaban J connectivity index is 1.67. The number of nitriles is 1. The Hall–Kier alpha value is -4.10. The molecule has 0 saturated heterocycles. The number of phenols is 1. The van der Waals surface area contributed by atoms with Crippen LogP contribution in [0.25, 0.3) is 0 Å². The van der Waals surface area contributed by atoms with Crippen LogP contribution in [0.5, 0.6) is 11.5 Å². The van der Waals surface area contributed by atoms with E-state index in [4.69, 9.17) is 27.9 Å². The second kappa shape index (κ2) is 12.8. The zero-order valence-corrected chi connectivity index (χ0v) is 23.7. The maximum atomic E-state index is 13.6. The largest absolute Gasteiger partial charge is 0.504 e. The first-order valence-corrected chi connectivity index (χ1v) is 13.7. The van der Waals surface area contributed by atoms with E-state index in [1.807, 2.05) is 6.07 Å². The van der Waals surface area contributed by atoms with Crippen LogP contribution in [0.15, 0.2) is 88.6 Å². The number of nitrogens with one attached hydrogen (secondary N) is 3. The molecule has 0 saturated carbocycles. The van der Waals surface area contributed by atoms with Crippen molar-refractivity contribution in [3.8, 4) is 17.6 Å². The van der Waals surface area contributed by atoms with Gasteiger partial charge in [0.25, 0.3) is 5.91 Å². The van der Waals surface area contributed by atoms with Crippen molar-refractivity contribution in [3.63, 3.8) is 0 Å². The van der Waals surface area contributed by atoms with Crippen LogP contribution in [0.2, 0.25) is 10.0 Å². The summed E-state index contributed by atoms with van der Waals surface area (Å²) in [6.07, 6.45) is 0. The number of halogens is 2. The lowest BCUT2D eigenvalue weighted by atomic mass is 9.82. The number of hydrogen-bond acceptors (Lipinski definition) is 7. The lowest BCUT2D eigenvalue weighted by molar-refractivity contribution is -0.114. The van der Waals surface area contributed by atoms with E-state index < -0.39 is 11.8 Å². The van der Waals surface area contributed by atoms with Gasteiger partial charge in [0.2, 0.25) is 5.91 Å². The van der Waals surface area contributed by atoms with Gasteiger partial charge in [-0.15, -0.1) is 0 Å². The molecule has 0 bridgehead atoms. The summed E-state index contributed by atoms with van der Waals surface area (Å²) in [6, 6.07) is 20.6. The minimum atomic E-state index is -0.808. The van der Waals surface area contributed by atoms with E-state index in [2.05, 4.69) is 22.0 Å². The summed E-state index contributed by atoms with van der Waals surface area (Å²) in [4.78, 5) is 26.3. The molecule has 8 nitrogen and oxygen atoms in total.